The maximum absolute atomic E-state index is 13.2. The second-order valence-electron chi connectivity index (χ2n) is 4.36. The predicted octanol–water partition coefficient (Wildman–Crippen LogP) is 2.45. The van der Waals surface area contributed by atoms with Crippen LogP contribution in [0, 0.1) is 5.82 Å². The zero-order chi connectivity index (χ0) is 13.8. The molecule has 0 saturated carbocycles. The molecule has 2 rings (SSSR count). The first-order chi connectivity index (χ1) is 9.06. The first kappa shape index (κ1) is 13.2. The van der Waals surface area contributed by atoms with Gasteiger partial charge in [0.25, 0.3) is 0 Å². The monoisotopic (exact) mass is 259 g/mol. The van der Waals surface area contributed by atoms with E-state index in [0.717, 1.165) is 16.7 Å². The average Bonchev–Trinajstić information content (AvgIpc) is 2.39. The number of carboxylic acids is 1. The van der Waals surface area contributed by atoms with E-state index < -0.39 is 12.0 Å². The fourth-order valence-electron chi connectivity index (χ4n) is 1.89. The van der Waals surface area contributed by atoms with Crippen molar-refractivity contribution >= 4 is 5.97 Å². The van der Waals surface area contributed by atoms with E-state index in [1.165, 1.54) is 12.1 Å². The molecule has 0 aliphatic rings. The molecule has 3 N–H and O–H groups in total. The molecule has 19 heavy (non-hydrogen) atoms. The van der Waals surface area contributed by atoms with Gasteiger partial charge in [-0.2, -0.15) is 0 Å². The van der Waals surface area contributed by atoms with Gasteiger partial charge in [-0.15, -0.1) is 0 Å². The summed E-state index contributed by atoms with van der Waals surface area (Å²) in [6, 6.07) is 12.6. The highest BCUT2D eigenvalue weighted by Gasteiger charge is 2.12. The van der Waals surface area contributed by atoms with Gasteiger partial charge >= 0.3 is 5.97 Å². The number of aliphatic carboxylic acids is 1. The minimum absolute atomic E-state index is 0.249. The normalized spacial score (nSPS) is 12.1. The molecule has 0 heterocycles. The second kappa shape index (κ2) is 5.63. The first-order valence-corrected chi connectivity index (χ1v) is 5.89. The Balaban J connectivity index is 2.27. The molecule has 0 aliphatic heterocycles. The molecular weight excluding hydrogens is 245 g/mol. The largest absolute Gasteiger partial charge is 0.480 e. The summed E-state index contributed by atoms with van der Waals surface area (Å²) in [5, 5.41) is 8.79. The standard InChI is InChI=1S/C15H14FNO2/c16-13-6-2-5-12(9-13)11-4-1-3-10(7-11)8-14(17)15(18)19/h1-7,9,14H,8,17H2,(H,18,19)/t14-/m0/s1. The average molecular weight is 259 g/mol. The third kappa shape index (κ3) is 3.39. The molecule has 0 radical (unpaired) electrons. The molecule has 0 aromatic heterocycles. The highest BCUT2D eigenvalue weighted by Crippen LogP contribution is 2.21. The fourth-order valence-corrected chi connectivity index (χ4v) is 1.89. The van der Waals surface area contributed by atoms with Crippen LogP contribution in [0.4, 0.5) is 4.39 Å². The van der Waals surface area contributed by atoms with Gasteiger partial charge < -0.3 is 10.8 Å². The Bertz CT molecular complexity index is 598. The van der Waals surface area contributed by atoms with E-state index in [-0.39, 0.29) is 12.2 Å². The van der Waals surface area contributed by atoms with Crippen molar-refractivity contribution in [1.82, 2.24) is 0 Å². The predicted molar refractivity (Wildman–Crippen MR) is 71.2 cm³/mol. The van der Waals surface area contributed by atoms with Crippen molar-refractivity contribution in [3.05, 3.63) is 59.9 Å². The summed E-state index contributed by atoms with van der Waals surface area (Å²) in [5.74, 6) is -1.33. The van der Waals surface area contributed by atoms with Crippen LogP contribution < -0.4 is 5.73 Å². The van der Waals surface area contributed by atoms with Gasteiger partial charge in [-0.1, -0.05) is 36.4 Å². The maximum Gasteiger partial charge on any atom is 0.320 e. The number of rotatable bonds is 4. The lowest BCUT2D eigenvalue weighted by atomic mass is 10.00. The van der Waals surface area contributed by atoms with Crippen LogP contribution in [-0.4, -0.2) is 17.1 Å². The molecule has 98 valence electrons. The van der Waals surface area contributed by atoms with E-state index in [2.05, 4.69) is 0 Å². The van der Waals surface area contributed by atoms with E-state index in [0.29, 0.717) is 0 Å². The third-order valence-electron chi connectivity index (χ3n) is 2.86. The van der Waals surface area contributed by atoms with Gasteiger partial charge in [-0.25, -0.2) is 4.39 Å². The summed E-state index contributed by atoms with van der Waals surface area (Å²) in [5.41, 5.74) is 7.92. The smallest absolute Gasteiger partial charge is 0.320 e. The zero-order valence-electron chi connectivity index (χ0n) is 10.2. The highest BCUT2D eigenvalue weighted by molar-refractivity contribution is 5.73. The van der Waals surface area contributed by atoms with Crippen molar-refractivity contribution in [2.75, 3.05) is 0 Å². The molecule has 2 aromatic rings. The number of nitrogens with two attached hydrogens (primary N) is 1. The van der Waals surface area contributed by atoms with Crippen LogP contribution in [0.1, 0.15) is 5.56 Å². The van der Waals surface area contributed by atoms with Gasteiger partial charge in [-0.3, -0.25) is 4.79 Å². The van der Waals surface area contributed by atoms with Gasteiger partial charge in [-0.05, 0) is 35.2 Å². The van der Waals surface area contributed by atoms with Crippen LogP contribution in [-0.2, 0) is 11.2 Å². The van der Waals surface area contributed by atoms with Crippen LogP contribution in [0.5, 0.6) is 0 Å². The van der Waals surface area contributed by atoms with Crippen LogP contribution in [0.3, 0.4) is 0 Å². The molecule has 0 spiro atoms. The number of carboxylic acid groups (broad SMARTS) is 1. The summed E-state index contributed by atoms with van der Waals surface area (Å²) in [6.07, 6.45) is 0.249. The SMILES string of the molecule is N[C@@H](Cc1cccc(-c2cccc(F)c2)c1)C(=O)O. The van der Waals surface area contributed by atoms with E-state index in [9.17, 15) is 9.18 Å². The number of halogens is 1. The Labute approximate surface area is 110 Å². The number of hydrogen-bond acceptors (Lipinski definition) is 2. The lowest BCUT2D eigenvalue weighted by Gasteiger charge is -2.08. The van der Waals surface area contributed by atoms with Gasteiger partial charge in [0.05, 0.1) is 0 Å². The maximum atomic E-state index is 13.2. The van der Waals surface area contributed by atoms with E-state index in [1.54, 1.807) is 12.1 Å². The first-order valence-electron chi connectivity index (χ1n) is 5.89. The molecule has 0 fully saturated rings. The van der Waals surface area contributed by atoms with Gasteiger partial charge in [0, 0.05) is 0 Å². The Morgan fingerprint density at radius 2 is 1.79 bits per heavy atom. The summed E-state index contributed by atoms with van der Waals surface area (Å²) >= 11 is 0. The minimum atomic E-state index is -1.03. The topological polar surface area (TPSA) is 63.3 Å². The quantitative estimate of drug-likeness (QED) is 0.886. The van der Waals surface area contributed by atoms with Crippen molar-refractivity contribution in [2.45, 2.75) is 12.5 Å². The molecular formula is C15H14FNO2. The van der Waals surface area contributed by atoms with Crippen LogP contribution in [0.2, 0.25) is 0 Å². The summed E-state index contributed by atoms with van der Waals surface area (Å²) in [6.45, 7) is 0. The van der Waals surface area contributed by atoms with Crippen molar-refractivity contribution in [2.24, 2.45) is 5.73 Å². The summed E-state index contributed by atoms with van der Waals surface area (Å²) < 4.78 is 13.2. The van der Waals surface area contributed by atoms with Crippen molar-refractivity contribution in [1.29, 1.82) is 0 Å². The third-order valence-corrected chi connectivity index (χ3v) is 2.86. The number of hydrogen-bond donors (Lipinski definition) is 2. The molecule has 4 heteroatoms. The van der Waals surface area contributed by atoms with E-state index in [4.69, 9.17) is 10.8 Å². The molecule has 1 atom stereocenters. The molecule has 2 aromatic carbocycles. The van der Waals surface area contributed by atoms with Crippen LogP contribution >= 0.6 is 0 Å². The molecule has 0 saturated heterocycles. The lowest BCUT2D eigenvalue weighted by molar-refractivity contribution is -0.138. The Morgan fingerprint density at radius 3 is 2.42 bits per heavy atom. The number of benzene rings is 2. The Morgan fingerprint density at radius 1 is 1.16 bits per heavy atom. The van der Waals surface area contributed by atoms with Crippen LogP contribution in [0.15, 0.2) is 48.5 Å². The molecule has 0 aliphatic carbocycles. The van der Waals surface area contributed by atoms with Crippen LogP contribution in [0.25, 0.3) is 11.1 Å². The van der Waals surface area contributed by atoms with E-state index >= 15 is 0 Å². The number of carbonyl (C=O) groups is 1. The molecule has 0 unspecified atom stereocenters. The Kier molecular flexibility index (Phi) is 3.92. The molecule has 3 nitrogen and oxygen atoms in total. The highest BCUT2D eigenvalue weighted by atomic mass is 19.1. The van der Waals surface area contributed by atoms with Gasteiger partial charge in [0.2, 0.25) is 0 Å². The Hall–Kier alpha value is -2.20. The van der Waals surface area contributed by atoms with Gasteiger partial charge in [0.1, 0.15) is 11.9 Å². The zero-order valence-corrected chi connectivity index (χ0v) is 10.2. The minimum Gasteiger partial charge on any atom is -0.480 e. The summed E-state index contributed by atoms with van der Waals surface area (Å²) in [7, 11) is 0. The van der Waals surface area contributed by atoms with Gasteiger partial charge in [0.15, 0.2) is 0 Å². The van der Waals surface area contributed by atoms with Crippen molar-refractivity contribution in [3.8, 4) is 11.1 Å². The fraction of sp³-hybridized carbons (Fsp3) is 0.133. The van der Waals surface area contributed by atoms with Crippen molar-refractivity contribution in [3.63, 3.8) is 0 Å². The van der Waals surface area contributed by atoms with Crippen molar-refractivity contribution < 1.29 is 14.3 Å². The molecule has 0 amide bonds. The molecule has 0 bridgehead atoms. The summed E-state index contributed by atoms with van der Waals surface area (Å²) in [4.78, 5) is 10.7. The lowest BCUT2D eigenvalue weighted by Crippen LogP contribution is -2.32. The van der Waals surface area contributed by atoms with E-state index in [1.807, 2.05) is 24.3 Å². The second-order valence-corrected chi connectivity index (χ2v) is 4.36.